The standard InChI is InChI=1S/C9H13N3/c1-6-4-5-8(7(2)10)9(11-3)12-6/h4-5H,2,10H2,1,3H3,(H,11,12). The molecule has 3 nitrogen and oxygen atoms in total. The van der Waals surface area contributed by atoms with Crippen LogP contribution in [0.2, 0.25) is 0 Å². The van der Waals surface area contributed by atoms with Crippen LogP contribution >= 0.6 is 0 Å². The number of nitrogens with one attached hydrogen (secondary N) is 1. The van der Waals surface area contributed by atoms with Gasteiger partial charge in [-0.15, -0.1) is 0 Å². The lowest BCUT2D eigenvalue weighted by atomic mass is 10.2. The monoisotopic (exact) mass is 163 g/mol. The molecular formula is C9H13N3. The van der Waals surface area contributed by atoms with E-state index in [1.165, 1.54) is 0 Å². The van der Waals surface area contributed by atoms with Crippen molar-refractivity contribution in [2.24, 2.45) is 5.73 Å². The molecule has 0 aromatic carbocycles. The van der Waals surface area contributed by atoms with Crippen molar-refractivity contribution in [1.29, 1.82) is 0 Å². The number of aromatic nitrogens is 1. The third-order valence-electron chi connectivity index (χ3n) is 1.62. The van der Waals surface area contributed by atoms with E-state index >= 15 is 0 Å². The average molecular weight is 163 g/mol. The van der Waals surface area contributed by atoms with Crippen LogP contribution in [0.25, 0.3) is 5.70 Å². The lowest BCUT2D eigenvalue weighted by Gasteiger charge is -2.07. The summed E-state index contributed by atoms with van der Waals surface area (Å²) in [6.45, 7) is 5.60. The molecule has 0 spiro atoms. The molecular weight excluding hydrogens is 150 g/mol. The van der Waals surface area contributed by atoms with Crippen molar-refractivity contribution >= 4 is 11.5 Å². The van der Waals surface area contributed by atoms with Gasteiger partial charge in [-0.1, -0.05) is 6.58 Å². The number of hydrogen-bond acceptors (Lipinski definition) is 3. The topological polar surface area (TPSA) is 50.9 Å². The van der Waals surface area contributed by atoms with Gasteiger partial charge in [0.2, 0.25) is 0 Å². The summed E-state index contributed by atoms with van der Waals surface area (Å²) < 4.78 is 0. The number of rotatable bonds is 2. The van der Waals surface area contributed by atoms with Crippen molar-refractivity contribution in [3.05, 3.63) is 30.0 Å². The lowest BCUT2D eigenvalue weighted by molar-refractivity contribution is 1.17. The van der Waals surface area contributed by atoms with E-state index in [2.05, 4.69) is 16.9 Å². The molecule has 0 aliphatic heterocycles. The minimum atomic E-state index is 0.534. The Morgan fingerprint density at radius 1 is 1.58 bits per heavy atom. The normalized spacial score (nSPS) is 9.50. The first-order valence-electron chi connectivity index (χ1n) is 3.75. The SMILES string of the molecule is C=C(N)c1ccc(C)nc1NC. The third-order valence-corrected chi connectivity index (χ3v) is 1.62. The van der Waals surface area contributed by atoms with Gasteiger partial charge >= 0.3 is 0 Å². The van der Waals surface area contributed by atoms with E-state index in [4.69, 9.17) is 5.73 Å². The lowest BCUT2D eigenvalue weighted by Crippen LogP contribution is -2.02. The van der Waals surface area contributed by atoms with Crippen molar-refractivity contribution in [3.8, 4) is 0 Å². The second-order valence-electron chi connectivity index (χ2n) is 2.62. The fourth-order valence-corrected chi connectivity index (χ4v) is 1.01. The minimum absolute atomic E-state index is 0.534. The summed E-state index contributed by atoms with van der Waals surface area (Å²) in [5.74, 6) is 0.780. The Balaban J connectivity index is 3.20. The van der Waals surface area contributed by atoms with Crippen LogP contribution < -0.4 is 11.1 Å². The van der Waals surface area contributed by atoms with E-state index in [0.717, 1.165) is 17.1 Å². The molecule has 1 heterocycles. The Hall–Kier alpha value is -1.51. The van der Waals surface area contributed by atoms with Crippen LogP contribution in [-0.4, -0.2) is 12.0 Å². The molecule has 0 aliphatic carbocycles. The van der Waals surface area contributed by atoms with Crippen molar-refractivity contribution in [2.45, 2.75) is 6.92 Å². The van der Waals surface area contributed by atoms with E-state index < -0.39 is 0 Å². The quantitative estimate of drug-likeness (QED) is 0.692. The highest BCUT2D eigenvalue weighted by Crippen LogP contribution is 2.16. The zero-order valence-electron chi connectivity index (χ0n) is 7.39. The van der Waals surface area contributed by atoms with Gasteiger partial charge in [0.1, 0.15) is 5.82 Å². The van der Waals surface area contributed by atoms with Gasteiger partial charge in [-0.2, -0.15) is 0 Å². The van der Waals surface area contributed by atoms with Gasteiger partial charge in [-0.25, -0.2) is 4.98 Å². The van der Waals surface area contributed by atoms with Crippen molar-refractivity contribution in [1.82, 2.24) is 4.98 Å². The van der Waals surface area contributed by atoms with Gasteiger partial charge < -0.3 is 11.1 Å². The van der Waals surface area contributed by atoms with Gasteiger partial charge in [0.15, 0.2) is 0 Å². The maximum absolute atomic E-state index is 5.57. The fraction of sp³-hybridized carbons (Fsp3) is 0.222. The summed E-state index contributed by atoms with van der Waals surface area (Å²) in [6.07, 6.45) is 0. The first-order chi connectivity index (χ1) is 5.65. The maximum Gasteiger partial charge on any atom is 0.135 e. The molecule has 0 bridgehead atoms. The predicted octanol–water partition coefficient (Wildman–Crippen LogP) is 1.36. The van der Waals surface area contributed by atoms with E-state index in [0.29, 0.717) is 5.70 Å². The minimum Gasteiger partial charge on any atom is -0.399 e. The van der Waals surface area contributed by atoms with E-state index in [1.807, 2.05) is 26.1 Å². The largest absolute Gasteiger partial charge is 0.399 e. The Morgan fingerprint density at radius 3 is 2.75 bits per heavy atom. The van der Waals surface area contributed by atoms with Crippen LogP contribution in [0.5, 0.6) is 0 Å². The zero-order chi connectivity index (χ0) is 9.14. The van der Waals surface area contributed by atoms with Crippen LogP contribution in [0, 0.1) is 6.92 Å². The highest BCUT2D eigenvalue weighted by molar-refractivity contribution is 5.70. The Bertz CT molecular complexity index is 305. The molecule has 1 rings (SSSR count). The van der Waals surface area contributed by atoms with Crippen molar-refractivity contribution in [3.63, 3.8) is 0 Å². The molecule has 0 fully saturated rings. The summed E-state index contributed by atoms with van der Waals surface area (Å²) in [4.78, 5) is 4.26. The van der Waals surface area contributed by atoms with Gasteiger partial charge in [0, 0.05) is 24.0 Å². The summed E-state index contributed by atoms with van der Waals surface area (Å²) in [6, 6.07) is 3.82. The summed E-state index contributed by atoms with van der Waals surface area (Å²) in [5.41, 5.74) is 7.93. The number of nitrogens with two attached hydrogens (primary N) is 1. The highest BCUT2D eigenvalue weighted by Gasteiger charge is 2.02. The number of aryl methyl sites for hydroxylation is 1. The molecule has 0 unspecified atom stereocenters. The molecule has 0 radical (unpaired) electrons. The van der Waals surface area contributed by atoms with Gasteiger partial charge in [0.25, 0.3) is 0 Å². The molecule has 64 valence electrons. The first kappa shape index (κ1) is 8.59. The van der Waals surface area contributed by atoms with Gasteiger partial charge in [-0.05, 0) is 19.1 Å². The summed E-state index contributed by atoms with van der Waals surface area (Å²) in [5, 5.41) is 2.97. The molecule has 3 N–H and O–H groups in total. The Kier molecular flexibility index (Phi) is 2.33. The molecule has 12 heavy (non-hydrogen) atoms. The van der Waals surface area contributed by atoms with Crippen LogP contribution in [0.1, 0.15) is 11.3 Å². The molecule has 3 heteroatoms. The van der Waals surface area contributed by atoms with Gasteiger partial charge in [0.05, 0.1) is 0 Å². The van der Waals surface area contributed by atoms with Crippen LogP contribution in [0.15, 0.2) is 18.7 Å². The number of pyridine rings is 1. The van der Waals surface area contributed by atoms with Crippen molar-refractivity contribution < 1.29 is 0 Å². The van der Waals surface area contributed by atoms with E-state index in [-0.39, 0.29) is 0 Å². The maximum atomic E-state index is 5.57. The number of anilines is 1. The molecule has 0 saturated heterocycles. The first-order valence-corrected chi connectivity index (χ1v) is 3.75. The second-order valence-corrected chi connectivity index (χ2v) is 2.62. The smallest absolute Gasteiger partial charge is 0.135 e. The number of nitrogens with zero attached hydrogens (tertiary/aromatic N) is 1. The van der Waals surface area contributed by atoms with Gasteiger partial charge in [-0.3, -0.25) is 0 Å². The van der Waals surface area contributed by atoms with E-state index in [9.17, 15) is 0 Å². The fourth-order valence-electron chi connectivity index (χ4n) is 1.01. The van der Waals surface area contributed by atoms with Crippen LogP contribution in [0.3, 0.4) is 0 Å². The molecule has 1 aromatic heterocycles. The Morgan fingerprint density at radius 2 is 2.25 bits per heavy atom. The molecule has 1 aromatic rings. The Labute approximate surface area is 72.3 Å². The highest BCUT2D eigenvalue weighted by atomic mass is 15.0. The molecule has 0 atom stereocenters. The predicted molar refractivity (Wildman–Crippen MR) is 51.7 cm³/mol. The van der Waals surface area contributed by atoms with Crippen molar-refractivity contribution in [2.75, 3.05) is 12.4 Å². The molecule has 0 saturated carbocycles. The summed E-state index contributed by atoms with van der Waals surface area (Å²) >= 11 is 0. The average Bonchev–Trinajstić information content (AvgIpc) is 2.03. The third kappa shape index (κ3) is 1.56. The van der Waals surface area contributed by atoms with Crippen LogP contribution in [-0.2, 0) is 0 Å². The molecule has 0 aliphatic rings. The van der Waals surface area contributed by atoms with Crippen LogP contribution in [0.4, 0.5) is 5.82 Å². The van der Waals surface area contributed by atoms with E-state index in [1.54, 1.807) is 0 Å². The zero-order valence-corrected chi connectivity index (χ0v) is 7.39. The second kappa shape index (κ2) is 3.26. The molecule has 0 amide bonds. The number of hydrogen-bond donors (Lipinski definition) is 2. The summed E-state index contributed by atoms with van der Waals surface area (Å²) in [7, 11) is 1.81.